The molecule has 0 saturated heterocycles. The molecule has 0 aromatic rings. The molecule has 0 bridgehead atoms. The molecule has 1 rings (SSSR count). The van der Waals surface area contributed by atoms with E-state index in [0.29, 0.717) is 17.8 Å². The van der Waals surface area contributed by atoms with Gasteiger partial charge in [-0.2, -0.15) is 0 Å². The molecular formula is C15H27N. The zero-order chi connectivity index (χ0) is 12.5. The molecule has 1 aliphatic carbocycles. The van der Waals surface area contributed by atoms with Crippen molar-refractivity contribution < 1.29 is 0 Å². The molecule has 1 nitrogen and oxygen atoms in total. The molecule has 1 atom stereocenters. The van der Waals surface area contributed by atoms with E-state index >= 15 is 0 Å². The minimum atomic E-state index is 0.624. The summed E-state index contributed by atoms with van der Waals surface area (Å²) in [4.78, 5) is 0. The summed E-state index contributed by atoms with van der Waals surface area (Å²) < 4.78 is 0. The Morgan fingerprint density at radius 2 is 1.69 bits per heavy atom. The molecule has 0 heterocycles. The summed E-state index contributed by atoms with van der Waals surface area (Å²) >= 11 is 0. The molecule has 1 unspecified atom stereocenters. The Balaban J connectivity index is 3.23. The summed E-state index contributed by atoms with van der Waals surface area (Å²) in [7, 11) is 0. The third-order valence-electron chi connectivity index (χ3n) is 3.82. The van der Waals surface area contributed by atoms with Crippen molar-refractivity contribution in [3.05, 3.63) is 22.3 Å². The van der Waals surface area contributed by atoms with Crippen LogP contribution in [0.4, 0.5) is 0 Å². The quantitative estimate of drug-likeness (QED) is 0.765. The number of allylic oxidation sites excluding steroid dienone is 3. The highest BCUT2D eigenvalue weighted by molar-refractivity contribution is 5.50. The number of nitrogens with two attached hydrogens (primary N) is 1. The molecular weight excluding hydrogens is 194 g/mol. The van der Waals surface area contributed by atoms with Gasteiger partial charge in [0, 0.05) is 0 Å². The van der Waals surface area contributed by atoms with Crippen molar-refractivity contribution in [3.8, 4) is 0 Å². The molecule has 1 aliphatic rings. The summed E-state index contributed by atoms with van der Waals surface area (Å²) in [5.74, 6) is 1.90. The minimum Gasteiger partial charge on any atom is -0.330 e. The van der Waals surface area contributed by atoms with Gasteiger partial charge in [0.1, 0.15) is 0 Å². The Morgan fingerprint density at radius 1 is 1.12 bits per heavy atom. The van der Waals surface area contributed by atoms with E-state index in [0.717, 1.165) is 13.0 Å². The van der Waals surface area contributed by atoms with Gasteiger partial charge in [0.2, 0.25) is 0 Å². The topological polar surface area (TPSA) is 26.0 Å². The van der Waals surface area contributed by atoms with Crippen LogP contribution in [-0.2, 0) is 0 Å². The van der Waals surface area contributed by atoms with Crippen LogP contribution >= 0.6 is 0 Å². The molecule has 2 N–H and O–H groups in total. The lowest BCUT2D eigenvalue weighted by Crippen LogP contribution is -2.08. The highest BCUT2D eigenvalue weighted by Gasteiger charge is 2.30. The molecule has 0 fully saturated rings. The SMILES string of the molecule is CC1=C(CCN)C(C(C)C)=C(C(C)C)C1C. The monoisotopic (exact) mass is 221 g/mol. The molecule has 0 amide bonds. The largest absolute Gasteiger partial charge is 0.330 e. The summed E-state index contributed by atoms with van der Waals surface area (Å²) in [6.45, 7) is 14.6. The lowest BCUT2D eigenvalue weighted by Gasteiger charge is -2.19. The zero-order valence-corrected chi connectivity index (χ0v) is 11.7. The van der Waals surface area contributed by atoms with Gasteiger partial charge in [-0.25, -0.2) is 0 Å². The standard InChI is InChI=1S/C15H27N/c1-9(2)14-12(6)11(5)13(7-8-16)15(14)10(3)4/h9-10,12H,7-8,16H2,1-6H3. The summed E-state index contributed by atoms with van der Waals surface area (Å²) in [6, 6.07) is 0. The summed E-state index contributed by atoms with van der Waals surface area (Å²) in [5.41, 5.74) is 12.1. The fourth-order valence-corrected chi connectivity index (χ4v) is 3.08. The highest BCUT2D eigenvalue weighted by Crippen LogP contribution is 2.44. The lowest BCUT2D eigenvalue weighted by atomic mass is 9.86. The van der Waals surface area contributed by atoms with Crippen LogP contribution in [0.25, 0.3) is 0 Å². The second kappa shape index (κ2) is 5.18. The summed E-state index contributed by atoms with van der Waals surface area (Å²) in [5, 5.41) is 0. The van der Waals surface area contributed by atoms with E-state index in [1.165, 1.54) is 0 Å². The molecule has 1 heteroatoms. The molecule has 0 saturated carbocycles. The van der Waals surface area contributed by atoms with Gasteiger partial charge < -0.3 is 5.73 Å². The van der Waals surface area contributed by atoms with Gasteiger partial charge in [0.05, 0.1) is 0 Å². The van der Waals surface area contributed by atoms with Crippen molar-refractivity contribution in [3.63, 3.8) is 0 Å². The molecule has 0 aliphatic heterocycles. The fraction of sp³-hybridized carbons (Fsp3) is 0.733. The van der Waals surface area contributed by atoms with Crippen LogP contribution in [0.1, 0.15) is 48.0 Å². The van der Waals surface area contributed by atoms with Crippen LogP contribution in [0.15, 0.2) is 22.3 Å². The van der Waals surface area contributed by atoms with Gasteiger partial charge in [0.15, 0.2) is 0 Å². The van der Waals surface area contributed by atoms with E-state index in [9.17, 15) is 0 Å². The molecule has 16 heavy (non-hydrogen) atoms. The smallest absolute Gasteiger partial charge is 0.000967 e. The third kappa shape index (κ3) is 2.24. The first kappa shape index (κ1) is 13.5. The summed E-state index contributed by atoms with van der Waals surface area (Å²) in [6.07, 6.45) is 1.04. The predicted molar refractivity (Wildman–Crippen MR) is 72.2 cm³/mol. The maximum absolute atomic E-state index is 5.74. The maximum Gasteiger partial charge on any atom is -0.000967 e. The Bertz CT molecular complexity index is 318. The van der Waals surface area contributed by atoms with Gasteiger partial charge >= 0.3 is 0 Å². The predicted octanol–water partition coefficient (Wildman–Crippen LogP) is 3.91. The molecule has 0 aromatic heterocycles. The third-order valence-corrected chi connectivity index (χ3v) is 3.82. The maximum atomic E-state index is 5.74. The van der Waals surface area contributed by atoms with Crippen molar-refractivity contribution in [2.75, 3.05) is 6.54 Å². The van der Waals surface area contributed by atoms with Crippen molar-refractivity contribution >= 4 is 0 Å². The van der Waals surface area contributed by atoms with E-state index in [-0.39, 0.29) is 0 Å². The number of rotatable bonds is 4. The van der Waals surface area contributed by atoms with E-state index in [1.54, 1.807) is 22.3 Å². The van der Waals surface area contributed by atoms with E-state index in [1.807, 2.05) is 0 Å². The number of hydrogen-bond donors (Lipinski definition) is 1. The van der Waals surface area contributed by atoms with E-state index in [4.69, 9.17) is 5.73 Å². The van der Waals surface area contributed by atoms with Gasteiger partial charge in [-0.15, -0.1) is 0 Å². The van der Waals surface area contributed by atoms with E-state index in [2.05, 4.69) is 41.5 Å². The minimum absolute atomic E-state index is 0.624. The average Bonchev–Trinajstić information content (AvgIpc) is 2.43. The Morgan fingerprint density at radius 3 is 2.06 bits per heavy atom. The molecule has 0 aromatic carbocycles. The molecule has 0 spiro atoms. The second-order valence-corrected chi connectivity index (χ2v) is 5.60. The van der Waals surface area contributed by atoms with Crippen LogP contribution in [0.2, 0.25) is 0 Å². The number of hydrogen-bond acceptors (Lipinski definition) is 1. The highest BCUT2D eigenvalue weighted by atomic mass is 14.5. The molecule has 0 radical (unpaired) electrons. The van der Waals surface area contributed by atoms with Crippen molar-refractivity contribution in [1.29, 1.82) is 0 Å². The van der Waals surface area contributed by atoms with E-state index < -0.39 is 0 Å². The Labute approximate surface area is 101 Å². The normalized spacial score (nSPS) is 21.9. The molecule has 92 valence electrons. The van der Waals surface area contributed by atoms with Crippen LogP contribution in [0, 0.1) is 17.8 Å². The lowest BCUT2D eigenvalue weighted by molar-refractivity contribution is 0.631. The van der Waals surface area contributed by atoms with Crippen molar-refractivity contribution in [1.82, 2.24) is 0 Å². The first-order valence-corrected chi connectivity index (χ1v) is 6.55. The van der Waals surface area contributed by atoms with Crippen LogP contribution in [0.3, 0.4) is 0 Å². The van der Waals surface area contributed by atoms with Crippen LogP contribution in [0.5, 0.6) is 0 Å². The van der Waals surface area contributed by atoms with Crippen LogP contribution in [-0.4, -0.2) is 6.54 Å². The van der Waals surface area contributed by atoms with Gasteiger partial charge in [-0.05, 0) is 48.8 Å². The fourth-order valence-electron chi connectivity index (χ4n) is 3.08. The second-order valence-electron chi connectivity index (χ2n) is 5.60. The van der Waals surface area contributed by atoms with Gasteiger partial charge in [-0.3, -0.25) is 0 Å². The van der Waals surface area contributed by atoms with Gasteiger partial charge in [0.25, 0.3) is 0 Å². The first-order valence-electron chi connectivity index (χ1n) is 6.55. The van der Waals surface area contributed by atoms with Crippen molar-refractivity contribution in [2.24, 2.45) is 23.5 Å². The van der Waals surface area contributed by atoms with Crippen LogP contribution < -0.4 is 5.73 Å². The van der Waals surface area contributed by atoms with Crippen molar-refractivity contribution in [2.45, 2.75) is 48.0 Å². The Kier molecular flexibility index (Phi) is 4.37. The first-order chi connectivity index (χ1) is 7.41. The zero-order valence-electron chi connectivity index (χ0n) is 11.7. The van der Waals surface area contributed by atoms with Gasteiger partial charge in [-0.1, -0.05) is 45.8 Å². The average molecular weight is 221 g/mol. The Hall–Kier alpha value is -0.560.